The number of benzene rings is 2. The summed E-state index contributed by atoms with van der Waals surface area (Å²) in [6.45, 7) is 2.21. The molecule has 0 atom stereocenters. The fourth-order valence-corrected chi connectivity index (χ4v) is 2.70. The van der Waals surface area contributed by atoms with Crippen LogP contribution in [0.15, 0.2) is 48.5 Å². The van der Waals surface area contributed by atoms with Gasteiger partial charge in [0.1, 0.15) is 17.4 Å². The zero-order valence-electron chi connectivity index (χ0n) is 15.7. The molecule has 0 amide bonds. The Balaban J connectivity index is 2.26. The second-order valence-electron chi connectivity index (χ2n) is 6.08. The lowest BCUT2D eigenvalue weighted by atomic mass is 9.91. The van der Waals surface area contributed by atoms with Crippen LogP contribution in [0.5, 0.6) is 11.5 Å². The number of carbonyl (C=O) groups is 1. The molecule has 6 heteroatoms. The minimum atomic E-state index is -0.564. The number of hydrogen-bond acceptors (Lipinski definition) is 6. The highest BCUT2D eigenvalue weighted by atomic mass is 16.5. The molecular weight excluding hydrogens is 344 g/mol. The largest absolute Gasteiger partial charge is 0.494 e. The molecule has 0 aromatic heterocycles. The Hall–Kier alpha value is -2.57. The van der Waals surface area contributed by atoms with E-state index in [1.165, 1.54) is 7.11 Å². The van der Waals surface area contributed by atoms with Crippen LogP contribution in [0.3, 0.4) is 0 Å². The van der Waals surface area contributed by atoms with Gasteiger partial charge in [0.05, 0.1) is 20.3 Å². The SMILES string of the molecule is COC(=O)C(c1cccc(OCCCN)c1)c1cccc(OCCCN)c1. The smallest absolute Gasteiger partial charge is 0.317 e. The van der Waals surface area contributed by atoms with Gasteiger partial charge >= 0.3 is 5.97 Å². The Morgan fingerprint density at radius 2 is 1.37 bits per heavy atom. The van der Waals surface area contributed by atoms with Crippen LogP contribution in [0.2, 0.25) is 0 Å². The highest BCUT2D eigenvalue weighted by molar-refractivity contribution is 5.82. The number of rotatable bonds is 11. The lowest BCUT2D eigenvalue weighted by molar-refractivity contribution is -0.141. The molecule has 0 unspecified atom stereocenters. The minimum absolute atomic E-state index is 0.340. The van der Waals surface area contributed by atoms with E-state index in [0.29, 0.717) is 37.8 Å². The van der Waals surface area contributed by atoms with Crippen molar-refractivity contribution in [3.63, 3.8) is 0 Å². The second kappa shape index (κ2) is 11.2. The summed E-state index contributed by atoms with van der Waals surface area (Å²) in [6.07, 6.45) is 1.54. The summed E-state index contributed by atoms with van der Waals surface area (Å²) in [7, 11) is 1.39. The Morgan fingerprint density at radius 3 is 1.78 bits per heavy atom. The van der Waals surface area contributed by atoms with Gasteiger partial charge in [0.2, 0.25) is 0 Å². The number of carbonyl (C=O) groups excluding carboxylic acids is 1. The molecule has 0 fully saturated rings. The quantitative estimate of drug-likeness (QED) is 0.464. The van der Waals surface area contributed by atoms with Crippen LogP contribution in [0.25, 0.3) is 0 Å². The van der Waals surface area contributed by atoms with Crippen molar-refractivity contribution in [2.45, 2.75) is 18.8 Å². The maximum absolute atomic E-state index is 12.5. The first-order chi connectivity index (χ1) is 13.2. The molecule has 0 spiro atoms. The summed E-state index contributed by atoms with van der Waals surface area (Å²) in [4.78, 5) is 12.5. The molecule has 0 aliphatic rings. The highest BCUT2D eigenvalue weighted by Crippen LogP contribution is 2.30. The van der Waals surface area contributed by atoms with Crippen LogP contribution in [-0.2, 0) is 9.53 Å². The first kappa shape index (κ1) is 20.7. The molecule has 0 saturated carbocycles. The zero-order chi connectivity index (χ0) is 19.5. The fraction of sp³-hybridized carbons (Fsp3) is 0.381. The Morgan fingerprint density at radius 1 is 0.889 bits per heavy atom. The molecule has 0 aliphatic carbocycles. The predicted molar refractivity (Wildman–Crippen MR) is 105 cm³/mol. The van der Waals surface area contributed by atoms with Crippen LogP contribution in [0, 0.1) is 0 Å². The summed E-state index contributed by atoms with van der Waals surface area (Å²) < 4.78 is 16.5. The summed E-state index contributed by atoms with van der Waals surface area (Å²) in [5.74, 6) is 0.495. The average molecular weight is 372 g/mol. The maximum atomic E-state index is 12.5. The normalized spacial score (nSPS) is 10.7. The third-order valence-corrected chi connectivity index (χ3v) is 4.05. The number of nitrogens with two attached hydrogens (primary N) is 2. The van der Waals surface area contributed by atoms with Crippen LogP contribution < -0.4 is 20.9 Å². The first-order valence-electron chi connectivity index (χ1n) is 9.13. The molecule has 2 aromatic rings. The fourth-order valence-electron chi connectivity index (χ4n) is 2.70. The van der Waals surface area contributed by atoms with Gasteiger partial charge in [-0.3, -0.25) is 4.79 Å². The number of methoxy groups -OCH3 is 1. The van der Waals surface area contributed by atoms with Gasteiger partial charge in [0.15, 0.2) is 0 Å². The van der Waals surface area contributed by atoms with Crippen molar-refractivity contribution in [3.8, 4) is 11.5 Å². The van der Waals surface area contributed by atoms with Crippen LogP contribution >= 0.6 is 0 Å². The molecule has 4 N–H and O–H groups in total. The molecule has 0 radical (unpaired) electrons. The molecular formula is C21H28N2O4. The maximum Gasteiger partial charge on any atom is 0.317 e. The molecule has 27 heavy (non-hydrogen) atoms. The minimum Gasteiger partial charge on any atom is -0.494 e. The van der Waals surface area contributed by atoms with E-state index < -0.39 is 5.92 Å². The molecule has 0 heterocycles. The van der Waals surface area contributed by atoms with E-state index in [-0.39, 0.29) is 5.97 Å². The first-order valence-corrected chi connectivity index (χ1v) is 9.13. The van der Waals surface area contributed by atoms with Crippen LogP contribution in [0.4, 0.5) is 0 Å². The van der Waals surface area contributed by atoms with Crippen molar-refractivity contribution in [1.29, 1.82) is 0 Å². The van der Waals surface area contributed by atoms with Gasteiger partial charge in [-0.2, -0.15) is 0 Å². The Bertz CT molecular complexity index is 667. The van der Waals surface area contributed by atoms with Crippen LogP contribution in [0.1, 0.15) is 29.9 Å². The van der Waals surface area contributed by atoms with E-state index in [1.54, 1.807) is 0 Å². The molecule has 0 aliphatic heterocycles. The van der Waals surface area contributed by atoms with Gasteiger partial charge in [0.25, 0.3) is 0 Å². The van der Waals surface area contributed by atoms with E-state index in [2.05, 4.69) is 0 Å². The molecule has 6 nitrogen and oxygen atoms in total. The number of hydrogen-bond donors (Lipinski definition) is 2. The van der Waals surface area contributed by atoms with Gasteiger partial charge < -0.3 is 25.7 Å². The predicted octanol–water partition coefficient (Wildman–Crippen LogP) is 2.45. The molecule has 2 aromatic carbocycles. The van der Waals surface area contributed by atoms with E-state index in [1.807, 2.05) is 48.5 Å². The van der Waals surface area contributed by atoms with Gasteiger partial charge in [-0.1, -0.05) is 24.3 Å². The van der Waals surface area contributed by atoms with Gasteiger partial charge in [-0.25, -0.2) is 0 Å². The third kappa shape index (κ3) is 6.27. The molecule has 146 valence electrons. The van der Waals surface area contributed by atoms with Crippen molar-refractivity contribution in [2.75, 3.05) is 33.4 Å². The average Bonchev–Trinajstić information content (AvgIpc) is 2.69. The summed E-state index contributed by atoms with van der Waals surface area (Å²) in [6, 6.07) is 15.0. The van der Waals surface area contributed by atoms with Crippen molar-refractivity contribution >= 4 is 5.97 Å². The summed E-state index contributed by atoms with van der Waals surface area (Å²) in [5.41, 5.74) is 12.6. The van der Waals surface area contributed by atoms with Crippen LogP contribution in [-0.4, -0.2) is 39.4 Å². The van der Waals surface area contributed by atoms with Gasteiger partial charge in [-0.15, -0.1) is 0 Å². The highest BCUT2D eigenvalue weighted by Gasteiger charge is 2.24. The lowest BCUT2D eigenvalue weighted by Crippen LogP contribution is -2.16. The molecule has 2 rings (SSSR count). The molecule has 0 bridgehead atoms. The third-order valence-electron chi connectivity index (χ3n) is 4.05. The van der Waals surface area contributed by atoms with Gasteiger partial charge in [-0.05, 0) is 61.3 Å². The van der Waals surface area contributed by atoms with Crippen molar-refractivity contribution < 1.29 is 19.0 Å². The summed E-state index contributed by atoms with van der Waals surface area (Å²) in [5, 5.41) is 0. The lowest BCUT2D eigenvalue weighted by Gasteiger charge is -2.18. The zero-order valence-corrected chi connectivity index (χ0v) is 15.7. The Labute approximate surface area is 160 Å². The number of esters is 1. The standard InChI is InChI=1S/C21H28N2O4/c1-25-21(24)20(16-6-2-8-18(14-16)26-12-4-10-22)17-7-3-9-19(15-17)27-13-5-11-23/h2-3,6-9,14-15,20H,4-5,10-13,22-23H2,1H3. The second-order valence-corrected chi connectivity index (χ2v) is 6.08. The van der Waals surface area contributed by atoms with Gasteiger partial charge in [0, 0.05) is 0 Å². The Kier molecular flexibility index (Phi) is 8.61. The monoisotopic (exact) mass is 372 g/mol. The number of ether oxygens (including phenoxy) is 3. The van der Waals surface area contributed by atoms with Crippen molar-refractivity contribution in [3.05, 3.63) is 59.7 Å². The molecule has 0 saturated heterocycles. The van der Waals surface area contributed by atoms with E-state index in [0.717, 1.165) is 24.0 Å². The summed E-state index contributed by atoms with van der Waals surface area (Å²) >= 11 is 0. The van der Waals surface area contributed by atoms with E-state index in [9.17, 15) is 4.79 Å². The van der Waals surface area contributed by atoms with E-state index in [4.69, 9.17) is 25.7 Å². The van der Waals surface area contributed by atoms with Crippen molar-refractivity contribution in [2.24, 2.45) is 11.5 Å². The van der Waals surface area contributed by atoms with Crippen molar-refractivity contribution in [1.82, 2.24) is 0 Å². The topological polar surface area (TPSA) is 96.8 Å². The van der Waals surface area contributed by atoms with E-state index >= 15 is 0 Å².